The summed E-state index contributed by atoms with van der Waals surface area (Å²) in [6.07, 6.45) is 9.23. The van der Waals surface area contributed by atoms with Gasteiger partial charge in [0, 0.05) is 13.1 Å². The van der Waals surface area contributed by atoms with E-state index >= 15 is 0 Å². The molecule has 192 valence electrons. The fourth-order valence-electron chi connectivity index (χ4n) is 8.22. The summed E-state index contributed by atoms with van der Waals surface area (Å²) in [5.41, 5.74) is 2.07. The van der Waals surface area contributed by atoms with Crippen molar-refractivity contribution in [2.75, 3.05) is 13.1 Å². The highest BCUT2D eigenvalue weighted by Crippen LogP contribution is 2.60. The molecule has 4 saturated carbocycles. The molecule has 2 unspecified atom stereocenters. The third kappa shape index (κ3) is 4.41. The molecule has 7 rings (SSSR count). The molecule has 2 aromatic rings. The van der Waals surface area contributed by atoms with E-state index in [1.165, 1.54) is 56.2 Å². The number of ether oxygens (including phenoxy) is 1. The molecule has 0 aromatic heterocycles. The summed E-state index contributed by atoms with van der Waals surface area (Å²) in [7, 11) is -3.57. The van der Waals surface area contributed by atoms with E-state index in [1.807, 2.05) is 12.1 Å². The second-order valence-corrected chi connectivity index (χ2v) is 14.3. The van der Waals surface area contributed by atoms with Crippen LogP contribution >= 0.6 is 0 Å². The molecule has 4 aliphatic carbocycles. The second-order valence-electron chi connectivity index (χ2n) is 12.4. The highest BCUT2D eigenvalue weighted by Gasteiger charge is 2.51. The topological polar surface area (TPSA) is 63.7 Å². The van der Waals surface area contributed by atoms with Gasteiger partial charge in [0.05, 0.1) is 10.5 Å². The maximum Gasteiger partial charge on any atom is 0.343 e. The highest BCUT2D eigenvalue weighted by atomic mass is 32.2. The van der Waals surface area contributed by atoms with Crippen LogP contribution in [0.4, 0.5) is 0 Å². The van der Waals surface area contributed by atoms with Crippen LogP contribution in [0.5, 0.6) is 5.75 Å². The van der Waals surface area contributed by atoms with E-state index < -0.39 is 16.0 Å². The molecule has 0 radical (unpaired) electrons. The molecule has 5 nitrogen and oxygen atoms in total. The van der Waals surface area contributed by atoms with Crippen LogP contribution in [0, 0.1) is 29.6 Å². The minimum Gasteiger partial charge on any atom is -0.423 e. The monoisotopic (exact) mass is 507 g/mol. The summed E-state index contributed by atoms with van der Waals surface area (Å²) in [4.78, 5) is 13.0. The number of sulfonamides is 1. The Bertz CT molecular complexity index is 1190. The van der Waals surface area contributed by atoms with Gasteiger partial charge in [0.2, 0.25) is 10.0 Å². The van der Waals surface area contributed by atoms with E-state index in [1.54, 1.807) is 16.4 Å². The number of esters is 1. The van der Waals surface area contributed by atoms with Crippen molar-refractivity contribution in [1.82, 2.24) is 4.31 Å². The first kappa shape index (κ1) is 24.2. The fourth-order valence-corrected chi connectivity index (χ4v) is 9.90. The molecule has 1 heterocycles. The molecule has 1 saturated heterocycles. The summed E-state index contributed by atoms with van der Waals surface area (Å²) >= 11 is 0. The minimum absolute atomic E-state index is 0.222. The van der Waals surface area contributed by atoms with Crippen LogP contribution in [0.15, 0.2) is 53.4 Å². The van der Waals surface area contributed by atoms with Gasteiger partial charge in [-0.15, -0.1) is 0 Å². The van der Waals surface area contributed by atoms with E-state index in [0.29, 0.717) is 41.7 Å². The molecule has 2 atom stereocenters. The Kier molecular flexibility index (Phi) is 6.03. The van der Waals surface area contributed by atoms with Gasteiger partial charge in [0.1, 0.15) is 5.75 Å². The Morgan fingerprint density at radius 3 is 1.86 bits per heavy atom. The van der Waals surface area contributed by atoms with Crippen LogP contribution < -0.4 is 4.74 Å². The quantitative estimate of drug-likeness (QED) is 0.366. The van der Waals surface area contributed by atoms with E-state index in [2.05, 4.69) is 26.0 Å². The number of rotatable bonds is 5. The standard InChI is InChI=1S/C30H37NO4S/c1-20-11-21(2)19-31(18-20)36(33,34)28-9-3-25(4-10-28)29(32)35-27-7-5-26(6-8-27)30-15-22-12-23(16-30)14-24(13-22)17-30/h3-10,20-24H,11-19H2,1-2H3. The van der Waals surface area contributed by atoms with E-state index in [0.717, 1.165) is 24.2 Å². The first-order valence-corrected chi connectivity index (χ1v) is 15.1. The predicted molar refractivity (Wildman–Crippen MR) is 139 cm³/mol. The summed E-state index contributed by atoms with van der Waals surface area (Å²) in [5, 5.41) is 0. The van der Waals surface area contributed by atoms with Gasteiger partial charge in [-0.25, -0.2) is 13.2 Å². The smallest absolute Gasteiger partial charge is 0.343 e. The highest BCUT2D eigenvalue weighted by molar-refractivity contribution is 7.89. The van der Waals surface area contributed by atoms with Crippen molar-refractivity contribution in [2.45, 2.75) is 69.1 Å². The number of carbonyl (C=O) groups is 1. The Morgan fingerprint density at radius 2 is 1.33 bits per heavy atom. The second kappa shape index (κ2) is 8.98. The molecule has 0 amide bonds. The summed E-state index contributed by atoms with van der Waals surface area (Å²) in [5.74, 6) is 3.41. The Morgan fingerprint density at radius 1 is 0.806 bits per heavy atom. The van der Waals surface area contributed by atoms with Crippen molar-refractivity contribution in [2.24, 2.45) is 29.6 Å². The van der Waals surface area contributed by atoms with E-state index in [-0.39, 0.29) is 4.90 Å². The maximum atomic E-state index is 13.1. The van der Waals surface area contributed by atoms with E-state index in [9.17, 15) is 13.2 Å². The lowest BCUT2D eigenvalue weighted by Crippen LogP contribution is -2.48. The van der Waals surface area contributed by atoms with Gasteiger partial charge in [-0.05, 0) is 122 Å². The fraction of sp³-hybridized carbons (Fsp3) is 0.567. The number of benzene rings is 2. The van der Waals surface area contributed by atoms with Crippen LogP contribution in [0.3, 0.4) is 0 Å². The summed E-state index contributed by atoms with van der Waals surface area (Å²) < 4.78 is 33.5. The molecule has 1 aliphatic heterocycles. The molecule has 4 bridgehead atoms. The third-order valence-corrected chi connectivity index (χ3v) is 11.1. The van der Waals surface area contributed by atoms with Crippen molar-refractivity contribution in [3.8, 4) is 5.75 Å². The number of nitrogens with zero attached hydrogens (tertiary/aromatic N) is 1. The lowest BCUT2D eigenvalue weighted by Gasteiger charge is -2.57. The van der Waals surface area contributed by atoms with Crippen molar-refractivity contribution in [3.63, 3.8) is 0 Å². The van der Waals surface area contributed by atoms with Crippen LogP contribution in [0.25, 0.3) is 0 Å². The molecule has 5 fully saturated rings. The van der Waals surface area contributed by atoms with Crippen molar-refractivity contribution >= 4 is 16.0 Å². The van der Waals surface area contributed by atoms with Crippen molar-refractivity contribution in [1.29, 1.82) is 0 Å². The number of hydrogen-bond acceptors (Lipinski definition) is 4. The third-order valence-electron chi connectivity index (χ3n) is 9.28. The zero-order chi connectivity index (χ0) is 25.1. The van der Waals surface area contributed by atoms with Gasteiger partial charge in [-0.2, -0.15) is 4.31 Å². The Hall–Kier alpha value is -2.18. The van der Waals surface area contributed by atoms with Gasteiger partial charge in [-0.1, -0.05) is 26.0 Å². The average Bonchev–Trinajstić information content (AvgIpc) is 2.83. The summed E-state index contributed by atoms with van der Waals surface area (Å²) in [6.45, 7) is 5.26. The van der Waals surface area contributed by atoms with Crippen molar-refractivity contribution in [3.05, 3.63) is 59.7 Å². The van der Waals surface area contributed by atoms with Crippen LogP contribution in [0.2, 0.25) is 0 Å². The zero-order valence-corrected chi connectivity index (χ0v) is 22.2. The lowest BCUT2D eigenvalue weighted by molar-refractivity contribution is -0.00519. The van der Waals surface area contributed by atoms with Gasteiger partial charge in [0.25, 0.3) is 0 Å². The first-order valence-electron chi connectivity index (χ1n) is 13.6. The van der Waals surface area contributed by atoms with Gasteiger partial charge in [-0.3, -0.25) is 0 Å². The van der Waals surface area contributed by atoms with Gasteiger partial charge in [0.15, 0.2) is 0 Å². The minimum atomic E-state index is -3.57. The molecule has 36 heavy (non-hydrogen) atoms. The molecule has 5 aliphatic rings. The van der Waals surface area contributed by atoms with Crippen molar-refractivity contribution < 1.29 is 17.9 Å². The number of piperidine rings is 1. The first-order chi connectivity index (χ1) is 17.2. The predicted octanol–water partition coefficient (Wildman–Crippen LogP) is 6.04. The molecular weight excluding hydrogens is 470 g/mol. The summed E-state index contributed by atoms with van der Waals surface area (Å²) in [6, 6.07) is 14.3. The Labute approximate surface area is 215 Å². The van der Waals surface area contributed by atoms with Gasteiger partial charge < -0.3 is 4.74 Å². The molecule has 0 spiro atoms. The van der Waals surface area contributed by atoms with Crippen LogP contribution in [-0.2, 0) is 15.4 Å². The molecular formula is C30H37NO4S. The lowest BCUT2D eigenvalue weighted by atomic mass is 9.48. The SMILES string of the molecule is CC1CC(C)CN(S(=O)(=O)c2ccc(C(=O)Oc3ccc(C45CC6CC(CC(C6)C4)C5)cc3)cc2)C1. The number of hydrogen-bond donors (Lipinski definition) is 0. The average molecular weight is 508 g/mol. The zero-order valence-electron chi connectivity index (χ0n) is 21.4. The van der Waals surface area contributed by atoms with Crippen LogP contribution in [0.1, 0.15) is 74.7 Å². The van der Waals surface area contributed by atoms with Gasteiger partial charge >= 0.3 is 5.97 Å². The normalized spacial score (nSPS) is 34.0. The van der Waals surface area contributed by atoms with Crippen LogP contribution in [-0.4, -0.2) is 31.8 Å². The van der Waals surface area contributed by atoms with E-state index in [4.69, 9.17) is 4.74 Å². The maximum absolute atomic E-state index is 13.1. The molecule has 0 N–H and O–H groups in total. The number of carbonyl (C=O) groups excluding carboxylic acids is 1. The molecule has 2 aromatic carbocycles. The molecule has 6 heteroatoms. The largest absolute Gasteiger partial charge is 0.423 e. The Balaban J connectivity index is 1.12.